The molecule has 0 bridgehead atoms. The molecular weight excluding hydrogens is 314 g/mol. The minimum Gasteiger partial charge on any atom is -0.372 e. The highest BCUT2D eigenvalue weighted by molar-refractivity contribution is 5.49. The zero-order valence-corrected chi connectivity index (χ0v) is 14.7. The number of anilines is 1. The number of nitrogens with one attached hydrogen (secondary N) is 1. The monoisotopic (exact) mass is 339 g/mol. The predicted molar refractivity (Wildman–Crippen MR) is 94.5 cm³/mol. The molecule has 0 aromatic carbocycles. The first kappa shape index (κ1) is 15.3. The maximum absolute atomic E-state index is 6.01. The summed E-state index contributed by atoms with van der Waals surface area (Å²) < 4.78 is 7.94. The summed E-state index contributed by atoms with van der Waals surface area (Å²) in [6.07, 6.45) is 8.96. The third kappa shape index (κ3) is 2.82. The molecule has 1 saturated carbocycles. The average Bonchev–Trinajstić information content (AvgIpc) is 3.00. The fraction of sp³-hybridized carbons (Fsp3) is 0.632. The Labute approximate surface area is 148 Å². The van der Waals surface area contributed by atoms with Gasteiger partial charge in [-0.2, -0.15) is 5.10 Å². The van der Waals surface area contributed by atoms with Gasteiger partial charge in [-0.3, -0.25) is 4.68 Å². The highest BCUT2D eigenvalue weighted by Crippen LogP contribution is 2.40. The molecule has 0 unspecified atom stereocenters. The molecule has 2 aromatic heterocycles. The molecule has 2 fully saturated rings. The number of hydrogen-bond acceptors (Lipinski definition) is 5. The summed E-state index contributed by atoms with van der Waals surface area (Å²) in [5.74, 6) is 3.20. The lowest BCUT2D eigenvalue weighted by Gasteiger charge is -2.20. The summed E-state index contributed by atoms with van der Waals surface area (Å²) in [4.78, 5) is 9.73. The molecule has 0 spiro atoms. The minimum atomic E-state index is 0.123. The van der Waals surface area contributed by atoms with Crippen LogP contribution in [0.4, 0.5) is 5.82 Å². The van der Waals surface area contributed by atoms with Crippen LogP contribution in [0.1, 0.15) is 60.5 Å². The fourth-order valence-electron chi connectivity index (χ4n) is 4.18. The van der Waals surface area contributed by atoms with Crippen LogP contribution in [0, 0.1) is 5.92 Å². The zero-order valence-electron chi connectivity index (χ0n) is 14.7. The normalized spacial score (nSPS) is 25.3. The second-order valence-corrected chi connectivity index (χ2v) is 7.58. The van der Waals surface area contributed by atoms with Gasteiger partial charge in [0.05, 0.1) is 5.69 Å². The number of aryl methyl sites for hydroxylation is 2. The van der Waals surface area contributed by atoms with Crippen LogP contribution < -0.4 is 5.32 Å². The van der Waals surface area contributed by atoms with Crippen molar-refractivity contribution in [2.24, 2.45) is 13.0 Å². The van der Waals surface area contributed by atoms with Gasteiger partial charge in [-0.15, -0.1) is 0 Å². The summed E-state index contributed by atoms with van der Waals surface area (Å²) in [6.45, 7) is 1.71. The van der Waals surface area contributed by atoms with Crippen molar-refractivity contribution >= 4 is 5.82 Å². The summed E-state index contributed by atoms with van der Waals surface area (Å²) in [5, 5.41) is 7.96. The largest absolute Gasteiger partial charge is 0.372 e. The van der Waals surface area contributed by atoms with Gasteiger partial charge < -0.3 is 10.1 Å². The summed E-state index contributed by atoms with van der Waals surface area (Å²) >= 11 is 0. The molecule has 5 rings (SSSR count). The SMILES string of the molecule is Cn1nccc1[C@@H]1OCC[C@H]1CNc1nc(C2CC2)nc2c1CCC2. The zero-order chi connectivity index (χ0) is 16.8. The molecule has 3 aliphatic rings. The Bertz CT molecular complexity index is 782. The molecule has 25 heavy (non-hydrogen) atoms. The topological polar surface area (TPSA) is 64.9 Å². The van der Waals surface area contributed by atoms with Crippen molar-refractivity contribution in [3.8, 4) is 0 Å². The van der Waals surface area contributed by atoms with E-state index in [1.54, 1.807) is 0 Å². The molecule has 1 saturated heterocycles. The quantitative estimate of drug-likeness (QED) is 0.907. The van der Waals surface area contributed by atoms with Gasteiger partial charge in [0.25, 0.3) is 0 Å². The molecule has 0 amide bonds. The van der Waals surface area contributed by atoms with Crippen molar-refractivity contribution in [3.05, 3.63) is 35.0 Å². The Morgan fingerprint density at radius 1 is 1.24 bits per heavy atom. The minimum absolute atomic E-state index is 0.123. The van der Waals surface area contributed by atoms with Gasteiger partial charge in [-0.25, -0.2) is 9.97 Å². The molecule has 2 aliphatic carbocycles. The van der Waals surface area contributed by atoms with Crippen LogP contribution in [-0.2, 0) is 24.6 Å². The Kier molecular flexibility index (Phi) is 3.73. The predicted octanol–water partition coefficient (Wildman–Crippen LogP) is 2.77. The van der Waals surface area contributed by atoms with E-state index in [1.807, 2.05) is 17.9 Å². The number of fused-ring (bicyclic) bond motifs is 1. The van der Waals surface area contributed by atoms with E-state index < -0.39 is 0 Å². The van der Waals surface area contributed by atoms with Crippen molar-refractivity contribution in [1.82, 2.24) is 19.7 Å². The van der Waals surface area contributed by atoms with Gasteiger partial charge in [0.15, 0.2) is 0 Å². The van der Waals surface area contributed by atoms with Crippen LogP contribution in [0.3, 0.4) is 0 Å². The molecule has 132 valence electrons. The van der Waals surface area contributed by atoms with Gasteiger partial charge in [0.1, 0.15) is 17.7 Å². The van der Waals surface area contributed by atoms with E-state index in [4.69, 9.17) is 14.7 Å². The first-order valence-corrected chi connectivity index (χ1v) is 9.52. The lowest BCUT2D eigenvalue weighted by atomic mass is 9.99. The highest BCUT2D eigenvalue weighted by atomic mass is 16.5. The van der Waals surface area contributed by atoms with E-state index in [2.05, 4.69) is 16.5 Å². The fourth-order valence-corrected chi connectivity index (χ4v) is 4.18. The van der Waals surface area contributed by atoms with Gasteiger partial charge in [0, 0.05) is 49.5 Å². The number of hydrogen-bond donors (Lipinski definition) is 1. The summed E-state index contributed by atoms with van der Waals surface area (Å²) in [6, 6.07) is 2.07. The van der Waals surface area contributed by atoms with Gasteiger partial charge >= 0.3 is 0 Å². The van der Waals surface area contributed by atoms with Crippen molar-refractivity contribution in [2.75, 3.05) is 18.5 Å². The molecule has 6 heteroatoms. The Balaban J connectivity index is 1.35. The third-order valence-electron chi connectivity index (χ3n) is 5.79. The molecular formula is C19H25N5O. The Hall–Kier alpha value is -1.95. The van der Waals surface area contributed by atoms with Crippen LogP contribution in [0.2, 0.25) is 0 Å². The van der Waals surface area contributed by atoms with Crippen molar-refractivity contribution < 1.29 is 4.74 Å². The second-order valence-electron chi connectivity index (χ2n) is 7.58. The van der Waals surface area contributed by atoms with E-state index in [-0.39, 0.29) is 6.10 Å². The van der Waals surface area contributed by atoms with Crippen molar-refractivity contribution in [3.63, 3.8) is 0 Å². The number of rotatable bonds is 5. The molecule has 0 radical (unpaired) electrons. The molecule has 1 aliphatic heterocycles. The van der Waals surface area contributed by atoms with E-state index in [0.29, 0.717) is 11.8 Å². The van der Waals surface area contributed by atoms with E-state index in [0.717, 1.165) is 49.8 Å². The maximum atomic E-state index is 6.01. The summed E-state index contributed by atoms with van der Waals surface area (Å²) in [5.41, 5.74) is 3.79. The number of ether oxygens (including phenoxy) is 1. The number of nitrogens with zero attached hydrogens (tertiary/aromatic N) is 4. The first-order chi connectivity index (χ1) is 12.3. The van der Waals surface area contributed by atoms with Gasteiger partial charge in [-0.05, 0) is 44.6 Å². The molecule has 2 aromatic rings. The maximum Gasteiger partial charge on any atom is 0.134 e. The molecule has 1 N–H and O–H groups in total. The molecule has 6 nitrogen and oxygen atoms in total. The van der Waals surface area contributed by atoms with E-state index in [9.17, 15) is 0 Å². The van der Waals surface area contributed by atoms with E-state index in [1.165, 1.54) is 30.5 Å². The lowest BCUT2D eigenvalue weighted by molar-refractivity contribution is 0.0866. The summed E-state index contributed by atoms with van der Waals surface area (Å²) in [7, 11) is 1.99. The van der Waals surface area contributed by atoms with E-state index >= 15 is 0 Å². The van der Waals surface area contributed by atoms with Crippen LogP contribution in [0.25, 0.3) is 0 Å². The van der Waals surface area contributed by atoms with Crippen LogP contribution in [0.5, 0.6) is 0 Å². The second kappa shape index (κ2) is 6.09. The number of aromatic nitrogens is 4. The van der Waals surface area contributed by atoms with Gasteiger partial charge in [0.2, 0.25) is 0 Å². The smallest absolute Gasteiger partial charge is 0.134 e. The van der Waals surface area contributed by atoms with Crippen LogP contribution in [-0.4, -0.2) is 32.9 Å². The Morgan fingerprint density at radius 3 is 2.96 bits per heavy atom. The highest BCUT2D eigenvalue weighted by Gasteiger charge is 2.33. The third-order valence-corrected chi connectivity index (χ3v) is 5.79. The van der Waals surface area contributed by atoms with Crippen LogP contribution in [0.15, 0.2) is 12.3 Å². The van der Waals surface area contributed by atoms with Gasteiger partial charge in [-0.1, -0.05) is 0 Å². The van der Waals surface area contributed by atoms with Crippen molar-refractivity contribution in [2.45, 2.75) is 50.5 Å². The van der Waals surface area contributed by atoms with Crippen LogP contribution >= 0.6 is 0 Å². The first-order valence-electron chi connectivity index (χ1n) is 9.52. The standard InChI is InChI=1S/C19H25N5O/c1-24-16(7-9-21-24)17-13(8-10-25-17)11-20-19-14-3-2-4-15(14)22-18(23-19)12-5-6-12/h7,9,12-13,17H,2-6,8,10-11H2,1H3,(H,20,22,23)/t13-,17+/m0/s1. The molecule has 2 atom stereocenters. The lowest BCUT2D eigenvalue weighted by Crippen LogP contribution is -2.21. The average molecular weight is 339 g/mol. The Morgan fingerprint density at radius 2 is 2.16 bits per heavy atom. The molecule has 3 heterocycles. The van der Waals surface area contributed by atoms with Crippen molar-refractivity contribution in [1.29, 1.82) is 0 Å².